The molecule has 0 aliphatic heterocycles. The Bertz CT molecular complexity index is 1430. The largest absolute Gasteiger partial charge is 0.490 e. The van der Waals surface area contributed by atoms with Gasteiger partial charge in [0.25, 0.3) is 0 Å². The van der Waals surface area contributed by atoms with Crippen molar-refractivity contribution in [2.45, 2.75) is 71.1 Å². The molecule has 3 aromatic heterocycles. The number of nitrogens with two attached hydrogens (primary N) is 1. The van der Waals surface area contributed by atoms with Gasteiger partial charge in [0, 0.05) is 18.7 Å². The number of rotatable bonds is 12. The van der Waals surface area contributed by atoms with E-state index in [9.17, 15) is 0 Å². The lowest BCUT2D eigenvalue weighted by atomic mass is 10.0. The van der Waals surface area contributed by atoms with Crippen LogP contribution >= 0.6 is 0 Å². The number of ether oxygens (including phenoxy) is 2. The highest BCUT2D eigenvalue weighted by atomic mass is 28.2. The zero-order chi connectivity index (χ0) is 28.9. The fourth-order valence-electron chi connectivity index (χ4n) is 4.40. The molecular weight excluding hydrogens is 518 g/mol. The van der Waals surface area contributed by atoms with Crippen molar-refractivity contribution in [2.75, 3.05) is 20.3 Å². The Hall–Kier alpha value is -3.11. The van der Waals surface area contributed by atoms with Gasteiger partial charge in [-0.2, -0.15) is 5.10 Å². The van der Waals surface area contributed by atoms with E-state index < -0.39 is 15.4 Å². The van der Waals surface area contributed by atoms with Gasteiger partial charge < -0.3 is 19.6 Å². The molecule has 0 spiro atoms. The number of benzene rings is 1. The molecular formula is C31H43N5O3Si. The van der Waals surface area contributed by atoms with Crippen molar-refractivity contribution in [3.8, 4) is 22.8 Å². The van der Waals surface area contributed by atoms with Gasteiger partial charge in [-0.25, -0.2) is 9.67 Å². The van der Waals surface area contributed by atoms with Gasteiger partial charge in [0.15, 0.2) is 15.6 Å². The third-order valence-corrected chi connectivity index (χ3v) is 8.41. The van der Waals surface area contributed by atoms with Crippen molar-refractivity contribution in [2.24, 2.45) is 5.73 Å². The first kappa shape index (κ1) is 29.9. The zero-order valence-electron chi connectivity index (χ0n) is 24.9. The zero-order valence-corrected chi connectivity index (χ0v) is 26.3. The molecule has 2 N–H and O–H groups in total. The van der Waals surface area contributed by atoms with Crippen LogP contribution in [0.15, 0.2) is 54.7 Å². The Labute approximate surface area is 240 Å². The molecule has 0 aliphatic carbocycles. The molecule has 1 atom stereocenters. The van der Waals surface area contributed by atoms with Crippen LogP contribution in [0.5, 0.6) is 5.75 Å². The maximum atomic E-state index is 6.43. The van der Waals surface area contributed by atoms with Crippen LogP contribution in [0.4, 0.5) is 0 Å². The average molecular weight is 562 g/mol. The molecule has 8 nitrogen and oxygen atoms in total. The maximum absolute atomic E-state index is 6.43. The van der Waals surface area contributed by atoms with Crippen LogP contribution in [0.2, 0.25) is 5.04 Å². The minimum atomic E-state index is -0.766. The Kier molecular flexibility index (Phi) is 9.40. The summed E-state index contributed by atoms with van der Waals surface area (Å²) >= 11 is 0. The molecule has 0 aliphatic rings. The number of hydrogen-bond acceptors (Lipinski definition) is 7. The minimum absolute atomic E-state index is 0.101. The van der Waals surface area contributed by atoms with Crippen molar-refractivity contribution in [1.29, 1.82) is 0 Å². The van der Waals surface area contributed by atoms with Crippen molar-refractivity contribution >= 4 is 20.7 Å². The molecule has 214 valence electrons. The number of hydrogen-bond donors (Lipinski definition) is 1. The Morgan fingerprint density at radius 1 is 1.00 bits per heavy atom. The van der Waals surface area contributed by atoms with Crippen LogP contribution in [-0.4, -0.2) is 49.8 Å². The van der Waals surface area contributed by atoms with E-state index in [1.807, 2.05) is 53.3 Å². The molecule has 9 heteroatoms. The van der Waals surface area contributed by atoms with Crippen molar-refractivity contribution in [3.05, 3.63) is 66.1 Å². The fourth-order valence-corrected chi connectivity index (χ4v) is 5.35. The predicted octanol–water partition coefficient (Wildman–Crippen LogP) is 5.86. The molecule has 0 radical (unpaired) electrons. The first-order chi connectivity index (χ1) is 19.0. The maximum Gasteiger partial charge on any atom is 0.168 e. The monoisotopic (exact) mass is 561 g/mol. The average Bonchev–Trinajstić information content (AvgIpc) is 3.36. The minimum Gasteiger partial charge on any atom is -0.490 e. The summed E-state index contributed by atoms with van der Waals surface area (Å²) in [4.78, 5) is 9.92. The highest BCUT2D eigenvalue weighted by molar-refractivity contribution is 6.31. The number of methoxy groups -OCH3 is 1. The van der Waals surface area contributed by atoms with Gasteiger partial charge in [-0.1, -0.05) is 46.2 Å². The number of pyridine rings is 2. The molecule has 0 unspecified atom stereocenters. The topological polar surface area (TPSA) is 97.3 Å². The Morgan fingerprint density at radius 3 is 2.50 bits per heavy atom. The normalized spacial score (nSPS) is 13.4. The van der Waals surface area contributed by atoms with Gasteiger partial charge >= 0.3 is 0 Å². The van der Waals surface area contributed by atoms with E-state index in [1.54, 1.807) is 7.11 Å². The Balaban J connectivity index is 1.79. The molecule has 4 aromatic rings. The van der Waals surface area contributed by atoms with Crippen LogP contribution < -0.4 is 10.5 Å². The van der Waals surface area contributed by atoms with Crippen LogP contribution in [-0.2, 0) is 14.8 Å². The van der Waals surface area contributed by atoms with E-state index in [1.165, 1.54) is 0 Å². The predicted molar refractivity (Wildman–Crippen MR) is 164 cm³/mol. The molecule has 0 amide bonds. The van der Waals surface area contributed by atoms with E-state index in [4.69, 9.17) is 34.7 Å². The van der Waals surface area contributed by atoms with Gasteiger partial charge in [0.05, 0.1) is 46.4 Å². The molecule has 0 bridgehead atoms. The van der Waals surface area contributed by atoms with E-state index >= 15 is 0 Å². The van der Waals surface area contributed by atoms with Crippen LogP contribution in [0.25, 0.3) is 28.0 Å². The van der Waals surface area contributed by atoms with Crippen molar-refractivity contribution in [1.82, 2.24) is 19.7 Å². The van der Waals surface area contributed by atoms with Crippen molar-refractivity contribution < 1.29 is 13.9 Å². The summed E-state index contributed by atoms with van der Waals surface area (Å²) in [5.74, 6) is 1.44. The molecule has 1 aromatic carbocycles. The lowest BCUT2D eigenvalue weighted by molar-refractivity contribution is 0.104. The summed E-state index contributed by atoms with van der Waals surface area (Å²) in [6.07, 6.45) is 3.71. The van der Waals surface area contributed by atoms with Gasteiger partial charge in [0.1, 0.15) is 12.4 Å². The second kappa shape index (κ2) is 12.6. The third-order valence-electron chi connectivity index (χ3n) is 6.68. The molecule has 0 fully saturated rings. The van der Waals surface area contributed by atoms with Crippen LogP contribution in [0.3, 0.4) is 0 Å². The summed E-state index contributed by atoms with van der Waals surface area (Å²) in [6, 6.07) is 16.0. The Morgan fingerprint density at radius 2 is 1.77 bits per heavy atom. The summed E-state index contributed by atoms with van der Waals surface area (Å²) in [5, 5.41) is 5.82. The highest BCUT2D eigenvalue weighted by Gasteiger charge is 2.26. The standard InChI is InChI=1S/C31H43N5O3Si/c1-8-11-23(32)25-13-9-12-24(34-25)21-18-26-22(27(19-21)38-17-16-37-7)20-33-36(26)29-15-10-14-28(35-29)31(5,6)39-40-30(2,3)4/h9-10,12-15,18-20,23H,8,11,16-17,32,40H2,1-7H3/t23-/m0/s1. The molecule has 4 rings (SSSR count). The molecule has 0 saturated carbocycles. The third kappa shape index (κ3) is 7.14. The van der Waals surface area contributed by atoms with Gasteiger partial charge in [-0.3, -0.25) is 4.98 Å². The number of aromatic nitrogens is 4. The van der Waals surface area contributed by atoms with E-state index in [0.29, 0.717) is 19.0 Å². The SMILES string of the molecule is CCC[C@H](N)c1cccc(-c2cc(OCCOC)c3cnn(-c4cccc(C(C)(C)O[SiH2]C(C)(C)C)n4)c3c2)n1. The van der Waals surface area contributed by atoms with Crippen LogP contribution in [0.1, 0.15) is 71.8 Å². The fraction of sp³-hybridized carbons (Fsp3) is 0.452. The second-order valence-corrected chi connectivity index (χ2v) is 14.6. The number of fused-ring (bicyclic) bond motifs is 1. The lowest BCUT2D eigenvalue weighted by Crippen LogP contribution is -2.28. The lowest BCUT2D eigenvalue weighted by Gasteiger charge is -2.29. The highest BCUT2D eigenvalue weighted by Crippen LogP contribution is 2.34. The summed E-state index contributed by atoms with van der Waals surface area (Å²) in [5.41, 5.74) is 10.3. The first-order valence-corrected chi connectivity index (χ1v) is 15.3. The number of nitrogens with zero attached hydrogens (tertiary/aromatic N) is 4. The van der Waals surface area contributed by atoms with E-state index in [-0.39, 0.29) is 11.1 Å². The van der Waals surface area contributed by atoms with Crippen molar-refractivity contribution in [3.63, 3.8) is 0 Å². The van der Waals surface area contributed by atoms with E-state index in [2.05, 4.69) is 47.6 Å². The second-order valence-electron chi connectivity index (χ2n) is 11.9. The summed E-state index contributed by atoms with van der Waals surface area (Å²) < 4.78 is 19.7. The molecule has 0 saturated heterocycles. The quantitative estimate of drug-likeness (QED) is 0.171. The smallest absolute Gasteiger partial charge is 0.168 e. The molecule has 40 heavy (non-hydrogen) atoms. The van der Waals surface area contributed by atoms with Crippen LogP contribution in [0, 0.1) is 0 Å². The van der Waals surface area contributed by atoms with Gasteiger partial charge in [-0.15, -0.1) is 0 Å². The van der Waals surface area contributed by atoms with E-state index in [0.717, 1.165) is 52.1 Å². The van der Waals surface area contributed by atoms with Gasteiger partial charge in [0.2, 0.25) is 0 Å². The summed E-state index contributed by atoms with van der Waals surface area (Å²) in [7, 11) is 0.897. The first-order valence-electron chi connectivity index (χ1n) is 14.0. The van der Waals surface area contributed by atoms with Gasteiger partial charge in [-0.05, 0) is 61.7 Å². The molecule has 3 heterocycles. The summed E-state index contributed by atoms with van der Waals surface area (Å²) in [6.45, 7) is 13.9.